The monoisotopic (exact) mass is 273 g/mol. The molecule has 1 aliphatic carbocycles. The van der Waals surface area contributed by atoms with Crippen molar-refractivity contribution in [2.24, 2.45) is 0 Å². The molecular weight excluding hydrogens is 258 g/mol. The molecule has 2 aromatic rings. The highest BCUT2D eigenvalue weighted by Crippen LogP contribution is 2.30. The maximum atomic E-state index is 12.3. The van der Waals surface area contributed by atoms with Gasteiger partial charge in [0, 0.05) is 11.8 Å². The second-order valence-electron chi connectivity index (χ2n) is 4.78. The largest absolute Gasteiger partial charge is 0.508 e. The molecule has 1 heterocycles. The molecule has 0 saturated carbocycles. The van der Waals surface area contributed by atoms with Crippen molar-refractivity contribution in [1.29, 1.82) is 0 Å². The molecule has 1 amide bonds. The minimum Gasteiger partial charge on any atom is -0.508 e. The Bertz CT molecular complexity index is 618. The summed E-state index contributed by atoms with van der Waals surface area (Å²) in [5, 5.41) is 14.3. The van der Waals surface area contributed by atoms with Crippen molar-refractivity contribution in [3.63, 3.8) is 0 Å². The van der Waals surface area contributed by atoms with Gasteiger partial charge in [-0.05, 0) is 54.3 Å². The number of aromatic hydroxyl groups is 1. The van der Waals surface area contributed by atoms with Crippen molar-refractivity contribution in [1.82, 2.24) is 0 Å². The van der Waals surface area contributed by atoms with Crippen molar-refractivity contribution >= 4 is 22.9 Å². The number of hydrogen-bond donors (Lipinski definition) is 2. The SMILES string of the molecule is O=C(Nc1cccc(O)c1)c1scc2c1CCCC2. The van der Waals surface area contributed by atoms with Crippen LogP contribution in [0.25, 0.3) is 0 Å². The van der Waals surface area contributed by atoms with Gasteiger partial charge in [0.25, 0.3) is 5.91 Å². The lowest BCUT2D eigenvalue weighted by molar-refractivity contribution is 0.102. The second kappa shape index (κ2) is 5.05. The fourth-order valence-corrected chi connectivity index (χ4v) is 3.54. The molecule has 2 N–H and O–H groups in total. The molecule has 4 heteroatoms. The van der Waals surface area contributed by atoms with Gasteiger partial charge >= 0.3 is 0 Å². The minimum absolute atomic E-state index is 0.0706. The number of aryl methyl sites for hydroxylation is 1. The lowest BCUT2D eigenvalue weighted by Crippen LogP contribution is -2.13. The third-order valence-electron chi connectivity index (χ3n) is 3.41. The van der Waals surface area contributed by atoms with E-state index in [2.05, 4.69) is 10.7 Å². The van der Waals surface area contributed by atoms with E-state index in [9.17, 15) is 9.90 Å². The average Bonchev–Trinajstić information content (AvgIpc) is 2.82. The van der Waals surface area contributed by atoms with Gasteiger partial charge in [0.1, 0.15) is 5.75 Å². The van der Waals surface area contributed by atoms with Gasteiger partial charge in [-0.3, -0.25) is 4.79 Å². The van der Waals surface area contributed by atoms with Gasteiger partial charge in [-0.2, -0.15) is 0 Å². The Morgan fingerprint density at radius 3 is 2.95 bits per heavy atom. The van der Waals surface area contributed by atoms with Crippen LogP contribution in [0.15, 0.2) is 29.6 Å². The quantitative estimate of drug-likeness (QED) is 0.878. The normalized spacial score (nSPS) is 13.9. The third kappa shape index (κ3) is 2.49. The van der Waals surface area contributed by atoms with Gasteiger partial charge in [0.2, 0.25) is 0 Å². The first-order chi connectivity index (χ1) is 9.24. The first-order valence-electron chi connectivity index (χ1n) is 6.43. The van der Waals surface area contributed by atoms with Crippen LogP contribution in [0.1, 0.15) is 33.6 Å². The fraction of sp³-hybridized carbons (Fsp3) is 0.267. The molecule has 1 aromatic carbocycles. The lowest BCUT2D eigenvalue weighted by Gasteiger charge is -2.12. The Morgan fingerprint density at radius 1 is 1.26 bits per heavy atom. The predicted molar refractivity (Wildman–Crippen MR) is 77.0 cm³/mol. The highest BCUT2D eigenvalue weighted by Gasteiger charge is 2.20. The number of fused-ring (bicyclic) bond motifs is 1. The van der Waals surface area contributed by atoms with E-state index in [1.807, 2.05) is 0 Å². The van der Waals surface area contributed by atoms with Gasteiger partial charge in [0.05, 0.1) is 4.88 Å². The van der Waals surface area contributed by atoms with Crippen LogP contribution < -0.4 is 5.32 Å². The molecule has 1 aromatic heterocycles. The van der Waals surface area contributed by atoms with Crippen LogP contribution in [0.2, 0.25) is 0 Å². The molecule has 19 heavy (non-hydrogen) atoms. The number of anilines is 1. The Morgan fingerprint density at radius 2 is 2.11 bits per heavy atom. The first kappa shape index (κ1) is 12.2. The van der Waals surface area contributed by atoms with Crippen LogP contribution in [-0.4, -0.2) is 11.0 Å². The molecule has 0 unspecified atom stereocenters. The summed E-state index contributed by atoms with van der Waals surface area (Å²) in [5.41, 5.74) is 3.18. The lowest BCUT2D eigenvalue weighted by atomic mass is 9.94. The number of thiophene rings is 1. The van der Waals surface area contributed by atoms with Crippen LogP contribution in [0.4, 0.5) is 5.69 Å². The molecule has 98 valence electrons. The molecule has 0 radical (unpaired) electrons. The summed E-state index contributed by atoms with van der Waals surface area (Å²) >= 11 is 1.52. The average molecular weight is 273 g/mol. The third-order valence-corrected chi connectivity index (χ3v) is 4.48. The number of hydrogen-bond acceptors (Lipinski definition) is 3. The number of phenols is 1. The van der Waals surface area contributed by atoms with Crippen LogP contribution in [0.3, 0.4) is 0 Å². The van der Waals surface area contributed by atoms with Crippen LogP contribution in [-0.2, 0) is 12.8 Å². The predicted octanol–water partition coefficient (Wildman–Crippen LogP) is 3.58. The van der Waals surface area contributed by atoms with E-state index >= 15 is 0 Å². The van der Waals surface area contributed by atoms with E-state index in [0.717, 1.165) is 24.1 Å². The highest BCUT2D eigenvalue weighted by atomic mass is 32.1. The van der Waals surface area contributed by atoms with Crippen molar-refractivity contribution in [2.75, 3.05) is 5.32 Å². The molecule has 0 saturated heterocycles. The Hall–Kier alpha value is -1.81. The van der Waals surface area contributed by atoms with Gasteiger partial charge < -0.3 is 10.4 Å². The zero-order chi connectivity index (χ0) is 13.2. The standard InChI is InChI=1S/C15H15NO2S/c17-12-6-3-5-11(8-12)16-15(18)14-13-7-2-1-4-10(13)9-19-14/h3,5-6,8-9,17H,1-2,4,7H2,(H,16,18). The Kier molecular flexibility index (Phi) is 3.25. The minimum atomic E-state index is -0.0706. The number of carbonyl (C=O) groups excluding carboxylic acids is 1. The fourth-order valence-electron chi connectivity index (χ4n) is 2.48. The summed E-state index contributed by atoms with van der Waals surface area (Å²) in [6.45, 7) is 0. The number of phenolic OH excluding ortho intramolecular Hbond substituents is 1. The summed E-state index contributed by atoms with van der Waals surface area (Å²) in [6, 6.07) is 6.63. The van der Waals surface area contributed by atoms with Crippen LogP contribution in [0.5, 0.6) is 5.75 Å². The molecule has 3 nitrogen and oxygen atoms in total. The van der Waals surface area contributed by atoms with Crippen molar-refractivity contribution in [2.45, 2.75) is 25.7 Å². The van der Waals surface area contributed by atoms with E-state index in [-0.39, 0.29) is 11.7 Å². The van der Waals surface area contributed by atoms with Gasteiger partial charge in [0.15, 0.2) is 0 Å². The number of carbonyl (C=O) groups is 1. The molecule has 0 spiro atoms. The van der Waals surface area contributed by atoms with E-state index in [4.69, 9.17) is 0 Å². The molecular formula is C15H15NO2S. The second-order valence-corrected chi connectivity index (χ2v) is 5.66. The summed E-state index contributed by atoms with van der Waals surface area (Å²) in [6.07, 6.45) is 4.47. The van der Waals surface area contributed by atoms with E-state index in [1.54, 1.807) is 24.3 Å². The smallest absolute Gasteiger partial charge is 0.266 e. The number of nitrogens with one attached hydrogen (secondary N) is 1. The maximum Gasteiger partial charge on any atom is 0.266 e. The molecule has 1 aliphatic rings. The van der Waals surface area contributed by atoms with Crippen LogP contribution >= 0.6 is 11.3 Å². The molecule has 0 fully saturated rings. The zero-order valence-corrected chi connectivity index (χ0v) is 11.3. The topological polar surface area (TPSA) is 49.3 Å². The molecule has 0 aliphatic heterocycles. The number of amides is 1. The summed E-state index contributed by atoms with van der Waals surface area (Å²) < 4.78 is 0. The van der Waals surface area contributed by atoms with Crippen LogP contribution in [0, 0.1) is 0 Å². The Balaban J connectivity index is 1.83. The Labute approximate surface area is 115 Å². The van der Waals surface area contributed by atoms with E-state index in [0.29, 0.717) is 5.69 Å². The van der Waals surface area contributed by atoms with E-state index in [1.165, 1.54) is 28.9 Å². The summed E-state index contributed by atoms with van der Waals surface area (Å²) in [4.78, 5) is 13.1. The number of benzene rings is 1. The molecule has 0 bridgehead atoms. The van der Waals surface area contributed by atoms with E-state index < -0.39 is 0 Å². The maximum absolute atomic E-state index is 12.3. The summed E-state index contributed by atoms with van der Waals surface area (Å²) in [5.74, 6) is 0.0877. The van der Waals surface area contributed by atoms with Crippen molar-refractivity contribution < 1.29 is 9.90 Å². The van der Waals surface area contributed by atoms with Gasteiger partial charge in [-0.25, -0.2) is 0 Å². The zero-order valence-electron chi connectivity index (χ0n) is 10.5. The summed E-state index contributed by atoms with van der Waals surface area (Å²) in [7, 11) is 0. The van der Waals surface area contributed by atoms with Gasteiger partial charge in [-0.15, -0.1) is 11.3 Å². The highest BCUT2D eigenvalue weighted by molar-refractivity contribution is 7.12. The van der Waals surface area contributed by atoms with Crippen molar-refractivity contribution in [3.05, 3.63) is 45.6 Å². The number of rotatable bonds is 2. The molecule has 0 atom stereocenters. The first-order valence-corrected chi connectivity index (χ1v) is 7.31. The van der Waals surface area contributed by atoms with Crippen molar-refractivity contribution in [3.8, 4) is 5.75 Å². The van der Waals surface area contributed by atoms with Gasteiger partial charge in [-0.1, -0.05) is 6.07 Å². The molecule has 3 rings (SSSR count).